The maximum absolute atomic E-state index is 7.04. The molecule has 0 fully saturated rings. The lowest BCUT2D eigenvalue weighted by molar-refractivity contribution is -0.679. The summed E-state index contributed by atoms with van der Waals surface area (Å²) >= 11 is 0. The van der Waals surface area contributed by atoms with E-state index in [1.807, 2.05) is 0 Å². The van der Waals surface area contributed by atoms with E-state index < -0.39 is 7.14 Å². The smallest absolute Gasteiger partial charge is 0.184 e. The van der Waals surface area contributed by atoms with E-state index in [4.69, 9.17) is 7.57 Å². The van der Waals surface area contributed by atoms with Crippen LogP contribution in [0.1, 0.15) is 5.69 Å². The molecule has 0 bridgehead atoms. The highest BCUT2D eigenvalue weighted by molar-refractivity contribution is 8.08. The first-order chi connectivity index (χ1) is 11.2. The molecule has 1 aromatic heterocycles. The minimum Gasteiger partial charge on any atom is -0.292 e. The Labute approximate surface area is 140 Å². The van der Waals surface area contributed by atoms with Gasteiger partial charge in [0.05, 0.1) is 6.42 Å². The lowest BCUT2D eigenvalue weighted by atomic mass is 10.3. The van der Waals surface area contributed by atoms with Crippen LogP contribution in [0.25, 0.3) is 0 Å². The third kappa shape index (κ3) is 3.54. The molecule has 1 nitrogen and oxygen atoms in total. The van der Waals surface area contributed by atoms with Crippen molar-refractivity contribution in [1.82, 2.24) is 0 Å². The lowest BCUT2D eigenvalue weighted by Gasteiger charge is -2.36. The average molecular weight is 317 g/mol. The molecule has 0 aliphatic carbocycles. The Hall–Kier alpha value is -1.92. The van der Waals surface area contributed by atoms with E-state index in [9.17, 15) is 0 Å². The number of hydrogen-bond donors (Lipinski definition) is 0. The monoisotopic (exact) mass is 317 g/mol. The average Bonchev–Trinajstić information content (AvgIpc) is 2.62. The lowest BCUT2D eigenvalue weighted by Crippen LogP contribution is -2.34. The molecule has 0 atom stereocenters. The number of aromatic nitrogens is 1. The molecule has 0 aliphatic rings. The van der Waals surface area contributed by atoms with Crippen LogP contribution >= 0.6 is 7.14 Å². The minimum absolute atomic E-state index is 0.971. The van der Waals surface area contributed by atoms with Crippen LogP contribution in [-0.4, -0.2) is 13.7 Å². The first-order valence-electron chi connectivity index (χ1n) is 7.91. The SMILES string of the molecule is [B-][P+](CCc1cccc[n+]1C)(c1ccccc1)c1ccccc1. The van der Waals surface area contributed by atoms with Crippen LogP contribution in [0, 0.1) is 0 Å². The van der Waals surface area contributed by atoms with Crippen LogP contribution in [0.4, 0.5) is 0 Å². The van der Waals surface area contributed by atoms with Gasteiger partial charge >= 0.3 is 0 Å². The molecule has 1 heterocycles. The first-order valence-corrected chi connectivity index (χ1v) is 9.96. The molecular formula is C20H21BNP+. The predicted molar refractivity (Wildman–Crippen MR) is 101 cm³/mol. The summed E-state index contributed by atoms with van der Waals surface area (Å²) in [5.74, 6) is 0. The van der Waals surface area contributed by atoms with Crippen molar-refractivity contribution in [2.24, 2.45) is 7.05 Å². The van der Waals surface area contributed by atoms with E-state index in [1.165, 1.54) is 16.3 Å². The fraction of sp³-hybridized carbons (Fsp3) is 0.150. The van der Waals surface area contributed by atoms with Gasteiger partial charge in [-0.3, -0.25) is 7.57 Å². The van der Waals surface area contributed by atoms with Crippen molar-refractivity contribution in [2.45, 2.75) is 6.42 Å². The molecule has 23 heavy (non-hydrogen) atoms. The van der Waals surface area contributed by atoms with Crippen LogP contribution in [0.2, 0.25) is 0 Å². The van der Waals surface area contributed by atoms with Gasteiger partial charge in [0, 0.05) is 28.9 Å². The maximum Gasteiger partial charge on any atom is 0.184 e. The van der Waals surface area contributed by atoms with Gasteiger partial charge in [0.1, 0.15) is 7.05 Å². The second-order valence-electron chi connectivity index (χ2n) is 5.82. The van der Waals surface area contributed by atoms with Crippen molar-refractivity contribution >= 4 is 25.3 Å². The van der Waals surface area contributed by atoms with Gasteiger partial charge in [-0.15, -0.1) is 0 Å². The topological polar surface area (TPSA) is 3.88 Å². The van der Waals surface area contributed by atoms with Gasteiger partial charge in [-0.1, -0.05) is 42.5 Å². The predicted octanol–water partition coefficient (Wildman–Crippen LogP) is 2.81. The Morgan fingerprint density at radius 2 is 1.30 bits per heavy atom. The highest BCUT2D eigenvalue weighted by Crippen LogP contribution is 2.51. The number of nitrogens with zero attached hydrogens (tertiary/aromatic N) is 1. The zero-order valence-corrected chi connectivity index (χ0v) is 14.4. The van der Waals surface area contributed by atoms with Gasteiger partial charge < -0.3 is 0 Å². The number of aryl methyl sites for hydroxylation is 2. The van der Waals surface area contributed by atoms with Crippen LogP contribution < -0.4 is 15.2 Å². The van der Waals surface area contributed by atoms with Gasteiger partial charge in [0.2, 0.25) is 0 Å². The van der Waals surface area contributed by atoms with E-state index in [1.54, 1.807) is 0 Å². The van der Waals surface area contributed by atoms with Crippen molar-refractivity contribution in [3.63, 3.8) is 0 Å². The summed E-state index contributed by atoms with van der Waals surface area (Å²) in [6, 6.07) is 27.5. The maximum atomic E-state index is 7.04. The molecule has 3 rings (SSSR count). The van der Waals surface area contributed by atoms with Crippen LogP contribution in [0.3, 0.4) is 0 Å². The summed E-state index contributed by atoms with van der Waals surface area (Å²) in [5, 5.41) is 2.54. The van der Waals surface area contributed by atoms with Crippen molar-refractivity contribution in [1.29, 1.82) is 0 Å². The van der Waals surface area contributed by atoms with Gasteiger partial charge in [-0.2, -0.15) is 7.14 Å². The normalized spacial score (nSPS) is 11.4. The third-order valence-corrected chi connectivity index (χ3v) is 7.69. The quantitative estimate of drug-likeness (QED) is 0.387. The fourth-order valence-corrected chi connectivity index (χ4v) is 5.71. The summed E-state index contributed by atoms with van der Waals surface area (Å²) in [6.07, 6.45) is 4.04. The largest absolute Gasteiger partial charge is 0.292 e. The molecule has 0 aliphatic heterocycles. The molecule has 3 aromatic rings. The molecule has 0 N–H and O–H groups in total. The molecule has 0 unspecified atom stereocenters. The number of hydrogen-bond acceptors (Lipinski definition) is 0. The summed E-state index contributed by atoms with van der Waals surface area (Å²) in [6.45, 7) is 0. The van der Waals surface area contributed by atoms with Crippen molar-refractivity contribution in [2.75, 3.05) is 6.16 Å². The molecule has 113 valence electrons. The van der Waals surface area contributed by atoms with Crippen LogP contribution in [-0.2, 0) is 13.5 Å². The van der Waals surface area contributed by atoms with Gasteiger partial charge in [-0.25, -0.2) is 4.57 Å². The van der Waals surface area contributed by atoms with Gasteiger partial charge in [0.25, 0.3) is 0 Å². The molecule has 0 saturated carbocycles. The van der Waals surface area contributed by atoms with E-state index in [-0.39, 0.29) is 0 Å². The Balaban J connectivity index is 1.95. The fourth-order valence-electron chi connectivity index (χ4n) is 2.90. The van der Waals surface area contributed by atoms with Gasteiger partial charge in [0.15, 0.2) is 11.9 Å². The Bertz CT molecular complexity index is 719. The summed E-state index contributed by atoms with van der Waals surface area (Å²) in [4.78, 5) is 0. The van der Waals surface area contributed by atoms with Crippen LogP contribution in [0.15, 0.2) is 85.1 Å². The summed E-state index contributed by atoms with van der Waals surface area (Å²) in [7, 11) is 7.26. The molecule has 2 aromatic carbocycles. The van der Waals surface area contributed by atoms with Crippen molar-refractivity contribution < 1.29 is 4.57 Å². The zero-order chi connectivity index (χ0) is 16.1. The highest BCUT2D eigenvalue weighted by Gasteiger charge is 2.25. The number of rotatable bonds is 5. The van der Waals surface area contributed by atoms with E-state index in [2.05, 4.69) is 96.7 Å². The first kappa shape index (κ1) is 16.0. The minimum atomic E-state index is -1.87. The highest BCUT2D eigenvalue weighted by atomic mass is 31.2. The molecule has 0 saturated heterocycles. The van der Waals surface area contributed by atoms with Crippen LogP contribution in [0.5, 0.6) is 0 Å². The summed E-state index contributed by atoms with van der Waals surface area (Å²) in [5.41, 5.74) is 1.31. The second kappa shape index (κ2) is 7.11. The van der Waals surface area contributed by atoms with Crippen molar-refractivity contribution in [3.8, 4) is 0 Å². The van der Waals surface area contributed by atoms with Crippen molar-refractivity contribution in [3.05, 3.63) is 90.8 Å². The standard InChI is InChI=1S/C20H21BNP/c1-22-16-9-8-10-18(22)15-17-23(21,19-11-4-2-5-12-19)20-13-6-3-7-14-20/h2-14,16H,15,17H2,1H3/q+1. The third-order valence-electron chi connectivity index (χ3n) is 4.32. The Morgan fingerprint density at radius 1 is 0.783 bits per heavy atom. The molecule has 3 heteroatoms. The Kier molecular flexibility index (Phi) is 4.93. The molecule has 3 radical (unpaired) electrons. The van der Waals surface area contributed by atoms with Gasteiger partial charge in [-0.05, 0) is 24.3 Å². The van der Waals surface area contributed by atoms with E-state index in [0.717, 1.165) is 12.6 Å². The Morgan fingerprint density at radius 3 is 1.83 bits per heavy atom. The second-order valence-corrected chi connectivity index (χ2v) is 9.03. The number of benzene rings is 2. The number of pyridine rings is 1. The molecule has 0 spiro atoms. The van der Waals surface area contributed by atoms with E-state index in [0.29, 0.717) is 0 Å². The molecular weight excluding hydrogens is 296 g/mol. The summed E-state index contributed by atoms with van der Waals surface area (Å²) < 4.78 is 2.18. The zero-order valence-electron chi connectivity index (χ0n) is 13.5. The van der Waals surface area contributed by atoms with E-state index >= 15 is 0 Å². The molecule has 0 amide bonds.